The standard InChI is InChI=1S/C9H17NO2/c1-2-9(12-5-1)7-11-6-8-3-4-10-8/h8-10H,1-7H2/t8-,9-/m0/s1. The second kappa shape index (κ2) is 4.21. The fraction of sp³-hybridized carbons (Fsp3) is 1.00. The summed E-state index contributed by atoms with van der Waals surface area (Å²) in [5, 5.41) is 3.31. The molecule has 70 valence electrons. The molecule has 0 aromatic rings. The Morgan fingerprint density at radius 2 is 2.25 bits per heavy atom. The van der Waals surface area contributed by atoms with Crippen LogP contribution in [0.3, 0.4) is 0 Å². The van der Waals surface area contributed by atoms with Crippen molar-refractivity contribution >= 4 is 0 Å². The van der Waals surface area contributed by atoms with Crippen LogP contribution in [-0.2, 0) is 9.47 Å². The largest absolute Gasteiger partial charge is 0.377 e. The molecule has 2 heterocycles. The molecule has 0 bridgehead atoms. The lowest BCUT2D eigenvalue weighted by Crippen LogP contribution is -2.46. The Labute approximate surface area is 73.4 Å². The molecular formula is C9H17NO2. The molecule has 2 fully saturated rings. The van der Waals surface area contributed by atoms with Crippen LogP contribution in [0.15, 0.2) is 0 Å². The molecule has 2 atom stereocenters. The summed E-state index contributed by atoms with van der Waals surface area (Å²) < 4.78 is 11.0. The molecule has 0 unspecified atom stereocenters. The van der Waals surface area contributed by atoms with Gasteiger partial charge in [-0.1, -0.05) is 0 Å². The molecule has 2 rings (SSSR count). The van der Waals surface area contributed by atoms with Crippen LogP contribution in [-0.4, -0.2) is 38.5 Å². The first-order chi connectivity index (χ1) is 5.95. The molecule has 3 nitrogen and oxygen atoms in total. The van der Waals surface area contributed by atoms with Crippen LogP contribution < -0.4 is 5.32 Å². The van der Waals surface area contributed by atoms with Crippen molar-refractivity contribution in [3.8, 4) is 0 Å². The van der Waals surface area contributed by atoms with Crippen molar-refractivity contribution in [1.29, 1.82) is 0 Å². The minimum atomic E-state index is 0.380. The van der Waals surface area contributed by atoms with E-state index in [-0.39, 0.29) is 0 Å². The second-order valence-corrected chi connectivity index (χ2v) is 3.61. The average Bonchev–Trinajstić information content (AvgIpc) is 2.46. The quantitative estimate of drug-likeness (QED) is 0.670. The van der Waals surface area contributed by atoms with Gasteiger partial charge in [-0.3, -0.25) is 0 Å². The summed E-state index contributed by atoms with van der Waals surface area (Å²) in [5.41, 5.74) is 0. The van der Waals surface area contributed by atoms with Gasteiger partial charge in [0.15, 0.2) is 0 Å². The van der Waals surface area contributed by atoms with Crippen molar-refractivity contribution < 1.29 is 9.47 Å². The summed E-state index contributed by atoms with van der Waals surface area (Å²) in [6, 6.07) is 0.617. The second-order valence-electron chi connectivity index (χ2n) is 3.61. The summed E-state index contributed by atoms with van der Waals surface area (Å²) in [4.78, 5) is 0. The summed E-state index contributed by atoms with van der Waals surface area (Å²) >= 11 is 0. The van der Waals surface area contributed by atoms with Crippen LogP contribution in [0.2, 0.25) is 0 Å². The van der Waals surface area contributed by atoms with Gasteiger partial charge in [0, 0.05) is 12.6 Å². The lowest BCUT2D eigenvalue weighted by atomic mass is 10.1. The van der Waals surface area contributed by atoms with Gasteiger partial charge in [-0.2, -0.15) is 0 Å². The van der Waals surface area contributed by atoms with E-state index in [9.17, 15) is 0 Å². The third-order valence-corrected chi connectivity index (χ3v) is 2.57. The van der Waals surface area contributed by atoms with Gasteiger partial charge < -0.3 is 14.8 Å². The molecule has 0 amide bonds. The average molecular weight is 171 g/mol. The van der Waals surface area contributed by atoms with Crippen LogP contribution in [0.1, 0.15) is 19.3 Å². The highest BCUT2D eigenvalue weighted by molar-refractivity contribution is 4.76. The normalized spacial score (nSPS) is 35.0. The lowest BCUT2D eigenvalue weighted by Gasteiger charge is -2.27. The van der Waals surface area contributed by atoms with Crippen molar-refractivity contribution in [3.63, 3.8) is 0 Å². The summed E-state index contributed by atoms with van der Waals surface area (Å²) in [6.45, 7) is 3.74. The summed E-state index contributed by atoms with van der Waals surface area (Å²) in [6.07, 6.45) is 4.03. The first-order valence-electron chi connectivity index (χ1n) is 4.88. The summed E-state index contributed by atoms with van der Waals surface area (Å²) in [7, 11) is 0. The first-order valence-corrected chi connectivity index (χ1v) is 4.88. The van der Waals surface area contributed by atoms with Crippen LogP contribution in [0, 0.1) is 0 Å². The van der Waals surface area contributed by atoms with Gasteiger partial charge in [0.25, 0.3) is 0 Å². The van der Waals surface area contributed by atoms with Crippen molar-refractivity contribution in [2.75, 3.05) is 26.4 Å². The van der Waals surface area contributed by atoms with Gasteiger partial charge in [-0.15, -0.1) is 0 Å². The molecule has 3 heteroatoms. The Hall–Kier alpha value is -0.120. The third kappa shape index (κ3) is 2.19. The predicted molar refractivity (Wildman–Crippen MR) is 46.2 cm³/mol. The maximum absolute atomic E-state index is 5.53. The zero-order valence-electron chi connectivity index (χ0n) is 7.42. The van der Waals surface area contributed by atoms with E-state index in [1.165, 1.54) is 19.3 Å². The highest BCUT2D eigenvalue weighted by Crippen LogP contribution is 2.12. The van der Waals surface area contributed by atoms with Gasteiger partial charge in [-0.25, -0.2) is 0 Å². The van der Waals surface area contributed by atoms with E-state index in [1.807, 2.05) is 0 Å². The smallest absolute Gasteiger partial charge is 0.0809 e. The summed E-state index contributed by atoms with van der Waals surface area (Å²) in [5.74, 6) is 0. The topological polar surface area (TPSA) is 30.5 Å². The van der Waals surface area contributed by atoms with Gasteiger partial charge in [0.1, 0.15) is 0 Å². The highest BCUT2D eigenvalue weighted by atomic mass is 16.5. The number of rotatable bonds is 4. The minimum absolute atomic E-state index is 0.380. The zero-order chi connectivity index (χ0) is 8.23. The van der Waals surface area contributed by atoms with Crippen LogP contribution in [0.5, 0.6) is 0 Å². The molecule has 0 saturated carbocycles. The number of nitrogens with one attached hydrogen (secondary N) is 1. The molecule has 1 N–H and O–H groups in total. The Morgan fingerprint density at radius 1 is 1.33 bits per heavy atom. The van der Waals surface area contributed by atoms with E-state index in [2.05, 4.69) is 5.32 Å². The van der Waals surface area contributed by atoms with E-state index in [0.717, 1.165) is 26.4 Å². The van der Waals surface area contributed by atoms with Crippen LogP contribution in [0.25, 0.3) is 0 Å². The van der Waals surface area contributed by atoms with Crippen molar-refractivity contribution in [2.45, 2.75) is 31.4 Å². The minimum Gasteiger partial charge on any atom is -0.377 e. The molecule has 0 aromatic heterocycles. The molecule has 0 spiro atoms. The zero-order valence-corrected chi connectivity index (χ0v) is 7.42. The maximum Gasteiger partial charge on any atom is 0.0809 e. The fourth-order valence-electron chi connectivity index (χ4n) is 1.61. The van der Waals surface area contributed by atoms with E-state index < -0.39 is 0 Å². The molecule has 2 saturated heterocycles. The molecule has 0 aliphatic carbocycles. The Kier molecular flexibility index (Phi) is 2.98. The molecule has 2 aliphatic heterocycles. The molecule has 12 heavy (non-hydrogen) atoms. The monoisotopic (exact) mass is 171 g/mol. The predicted octanol–water partition coefficient (Wildman–Crippen LogP) is 0.544. The Bertz CT molecular complexity index is 130. The maximum atomic E-state index is 5.53. The fourth-order valence-corrected chi connectivity index (χ4v) is 1.61. The van der Waals surface area contributed by atoms with E-state index in [0.29, 0.717) is 12.1 Å². The van der Waals surface area contributed by atoms with Crippen molar-refractivity contribution in [1.82, 2.24) is 5.32 Å². The number of ether oxygens (including phenoxy) is 2. The van der Waals surface area contributed by atoms with Crippen molar-refractivity contribution in [2.24, 2.45) is 0 Å². The van der Waals surface area contributed by atoms with Crippen LogP contribution in [0.4, 0.5) is 0 Å². The third-order valence-electron chi connectivity index (χ3n) is 2.57. The lowest BCUT2D eigenvalue weighted by molar-refractivity contribution is 0.00433. The van der Waals surface area contributed by atoms with E-state index in [4.69, 9.17) is 9.47 Å². The Morgan fingerprint density at radius 3 is 2.83 bits per heavy atom. The first kappa shape index (κ1) is 8.48. The molecule has 2 aliphatic rings. The van der Waals surface area contributed by atoms with Gasteiger partial charge >= 0.3 is 0 Å². The van der Waals surface area contributed by atoms with E-state index in [1.54, 1.807) is 0 Å². The van der Waals surface area contributed by atoms with E-state index >= 15 is 0 Å². The number of hydrogen-bond donors (Lipinski definition) is 1. The number of hydrogen-bond acceptors (Lipinski definition) is 3. The highest BCUT2D eigenvalue weighted by Gasteiger charge is 2.19. The Balaban J connectivity index is 1.49. The van der Waals surface area contributed by atoms with Gasteiger partial charge in [0.2, 0.25) is 0 Å². The molecule has 0 aromatic carbocycles. The van der Waals surface area contributed by atoms with Crippen molar-refractivity contribution in [3.05, 3.63) is 0 Å². The molecule has 0 radical (unpaired) electrons. The van der Waals surface area contributed by atoms with Gasteiger partial charge in [0.05, 0.1) is 19.3 Å². The van der Waals surface area contributed by atoms with Gasteiger partial charge in [-0.05, 0) is 25.8 Å². The SMILES string of the molecule is C1CO[C@H](COC[C@@H]2CCN2)C1. The van der Waals surface area contributed by atoms with Crippen LogP contribution >= 0.6 is 0 Å². The molecular weight excluding hydrogens is 154 g/mol.